The highest BCUT2D eigenvalue weighted by Crippen LogP contribution is 2.63. The molecule has 0 radical (unpaired) electrons. The zero-order valence-corrected chi connectivity index (χ0v) is 23.5. The summed E-state index contributed by atoms with van der Waals surface area (Å²) < 4.78 is 5.39. The molecule has 6 rings (SSSR count). The van der Waals surface area contributed by atoms with Crippen LogP contribution < -0.4 is 9.64 Å². The van der Waals surface area contributed by atoms with Crippen molar-refractivity contribution in [3.63, 3.8) is 0 Å². The number of carbonyl (C=O) groups is 4. The maximum absolute atomic E-state index is 14.1. The van der Waals surface area contributed by atoms with Gasteiger partial charge in [-0.05, 0) is 85.7 Å². The second-order valence-electron chi connectivity index (χ2n) is 11.5. The van der Waals surface area contributed by atoms with E-state index in [1.165, 1.54) is 18.1 Å². The molecule has 1 aliphatic heterocycles. The van der Waals surface area contributed by atoms with Gasteiger partial charge in [0.25, 0.3) is 0 Å². The molecule has 1 N–H and O–H groups in total. The van der Waals surface area contributed by atoms with Crippen LogP contribution >= 0.6 is 11.6 Å². The van der Waals surface area contributed by atoms with Gasteiger partial charge in [0.05, 0.1) is 30.0 Å². The highest BCUT2D eigenvalue weighted by Gasteiger charge is 2.64. The van der Waals surface area contributed by atoms with Crippen molar-refractivity contribution in [2.45, 2.75) is 39.5 Å². The first-order valence-corrected chi connectivity index (χ1v) is 13.8. The van der Waals surface area contributed by atoms with Gasteiger partial charge >= 0.3 is 0 Å². The Labute approximate surface area is 237 Å². The van der Waals surface area contributed by atoms with Gasteiger partial charge in [0.1, 0.15) is 0 Å². The van der Waals surface area contributed by atoms with Crippen molar-refractivity contribution in [1.29, 1.82) is 0 Å². The summed E-state index contributed by atoms with van der Waals surface area (Å²) in [5, 5.41) is 10.8. The van der Waals surface area contributed by atoms with Crippen molar-refractivity contribution in [3.05, 3.63) is 75.8 Å². The number of benzene rings is 2. The minimum Gasteiger partial charge on any atom is -0.504 e. The number of carbonyl (C=O) groups excluding carboxylic acids is 4. The molecular weight excluding hydrogens is 530 g/mol. The van der Waals surface area contributed by atoms with Crippen LogP contribution in [0.5, 0.6) is 11.5 Å². The molecule has 7 nitrogen and oxygen atoms in total. The third kappa shape index (κ3) is 3.49. The number of Topliss-reactive ketones (excluding diaryl/α,β-unsaturated/α-hetero) is 2. The average Bonchev–Trinajstić information content (AvgIpc) is 3.20. The molecule has 40 heavy (non-hydrogen) atoms. The van der Waals surface area contributed by atoms with Gasteiger partial charge in [0.15, 0.2) is 23.1 Å². The Morgan fingerprint density at radius 3 is 2.35 bits per heavy atom. The number of halogens is 1. The van der Waals surface area contributed by atoms with Gasteiger partial charge in [0.2, 0.25) is 11.8 Å². The number of allylic oxidation sites excluding steroid dienone is 4. The smallest absolute Gasteiger partial charge is 0.238 e. The van der Waals surface area contributed by atoms with E-state index in [-0.39, 0.29) is 34.9 Å². The molecule has 3 aliphatic carbocycles. The van der Waals surface area contributed by atoms with Crippen LogP contribution in [0.25, 0.3) is 0 Å². The third-order valence-electron chi connectivity index (χ3n) is 9.79. The average molecular weight is 560 g/mol. The molecule has 2 aromatic rings. The topological polar surface area (TPSA) is 101 Å². The van der Waals surface area contributed by atoms with Crippen molar-refractivity contribution in [2.24, 2.45) is 29.1 Å². The van der Waals surface area contributed by atoms with Crippen molar-refractivity contribution >= 4 is 40.7 Å². The summed E-state index contributed by atoms with van der Waals surface area (Å²) in [6, 6.07) is 11.6. The first-order valence-electron chi connectivity index (χ1n) is 13.5. The van der Waals surface area contributed by atoms with Gasteiger partial charge in [-0.1, -0.05) is 36.2 Å². The summed E-state index contributed by atoms with van der Waals surface area (Å²) >= 11 is 6.05. The number of fused-ring (bicyclic) bond motifs is 4. The largest absolute Gasteiger partial charge is 0.504 e. The van der Waals surface area contributed by atoms with E-state index in [0.29, 0.717) is 34.7 Å². The molecule has 1 saturated carbocycles. The zero-order chi connectivity index (χ0) is 28.7. The van der Waals surface area contributed by atoms with Crippen LogP contribution in [0.1, 0.15) is 45.1 Å². The Morgan fingerprint density at radius 2 is 1.68 bits per heavy atom. The normalized spacial score (nSPS) is 31.6. The van der Waals surface area contributed by atoms with Crippen LogP contribution in [0, 0.1) is 29.1 Å². The molecule has 0 aromatic heterocycles. The van der Waals surface area contributed by atoms with Gasteiger partial charge in [-0.2, -0.15) is 0 Å². The SMILES string of the molecule is COc1cc([C@H]2C3=CC[C@@H]4C(=O)N(c5ccc(Cl)cc5)C(=O)[C@@H]4[C@@H]3C[C@H]3C(=O)C(C)=C(C)C(=O)[C@@]23C)ccc1O. The minimum absolute atomic E-state index is 0.0360. The quantitative estimate of drug-likeness (QED) is 0.399. The molecule has 6 atom stereocenters. The minimum atomic E-state index is -1.10. The van der Waals surface area contributed by atoms with Gasteiger partial charge < -0.3 is 9.84 Å². The molecule has 8 heteroatoms. The fraction of sp³-hybridized carbons (Fsp3) is 0.375. The monoisotopic (exact) mass is 559 g/mol. The van der Waals surface area contributed by atoms with E-state index in [1.54, 1.807) is 50.2 Å². The van der Waals surface area contributed by atoms with Crippen LogP contribution in [0.4, 0.5) is 5.69 Å². The fourth-order valence-electron chi connectivity index (χ4n) is 7.68. The van der Waals surface area contributed by atoms with E-state index >= 15 is 0 Å². The zero-order valence-electron chi connectivity index (χ0n) is 22.7. The summed E-state index contributed by atoms with van der Waals surface area (Å²) in [6.45, 7) is 5.24. The molecule has 2 fully saturated rings. The number of hydrogen-bond acceptors (Lipinski definition) is 6. The summed E-state index contributed by atoms with van der Waals surface area (Å²) in [4.78, 5) is 56.8. The molecule has 2 aromatic carbocycles. The Hall–Kier alpha value is -3.71. The lowest BCUT2D eigenvalue weighted by atomic mass is 9.46. The number of amides is 2. The standard InChI is InChI=1S/C32H30ClNO6/c1-15-16(2)29(37)32(3)23(28(15)36)14-22-20(27(32)17-5-12-24(35)25(13-17)40-4)10-11-21-26(22)31(39)34(30(21)38)19-8-6-18(33)7-9-19/h5-10,12-13,21-23,26-27,35H,11,14H2,1-4H3/t21-,22+,23-,26-,27-,32+/m0/s1. The number of phenolic OH excluding ortho intramolecular Hbond substituents is 1. The lowest BCUT2D eigenvalue weighted by Crippen LogP contribution is -2.55. The van der Waals surface area contributed by atoms with Crippen LogP contribution in [-0.2, 0) is 19.2 Å². The first kappa shape index (κ1) is 26.5. The van der Waals surface area contributed by atoms with Crippen LogP contribution in [0.2, 0.25) is 5.02 Å². The van der Waals surface area contributed by atoms with E-state index < -0.39 is 35.0 Å². The van der Waals surface area contributed by atoms with Crippen molar-refractivity contribution in [2.75, 3.05) is 12.0 Å². The summed E-state index contributed by atoms with van der Waals surface area (Å²) in [6.07, 6.45) is 2.66. The maximum Gasteiger partial charge on any atom is 0.238 e. The van der Waals surface area contributed by atoms with Crippen molar-refractivity contribution in [1.82, 2.24) is 0 Å². The Kier molecular flexibility index (Phi) is 6.07. The Bertz CT molecular complexity index is 1560. The molecule has 2 amide bonds. The number of phenols is 1. The van der Waals surface area contributed by atoms with E-state index in [0.717, 1.165) is 11.1 Å². The van der Waals surface area contributed by atoms with E-state index in [9.17, 15) is 24.3 Å². The van der Waals surface area contributed by atoms with Gasteiger partial charge in [-0.25, -0.2) is 0 Å². The number of methoxy groups -OCH3 is 1. The molecule has 0 spiro atoms. The molecule has 1 saturated heterocycles. The predicted octanol–water partition coefficient (Wildman–Crippen LogP) is 5.40. The Morgan fingerprint density at radius 1 is 0.975 bits per heavy atom. The van der Waals surface area contributed by atoms with Gasteiger partial charge in [-0.3, -0.25) is 24.1 Å². The number of anilines is 1. The summed E-state index contributed by atoms with van der Waals surface area (Å²) in [7, 11) is 1.46. The fourth-order valence-corrected chi connectivity index (χ4v) is 7.80. The van der Waals surface area contributed by atoms with Gasteiger partial charge in [0, 0.05) is 16.9 Å². The lowest BCUT2D eigenvalue weighted by Gasteiger charge is -2.54. The molecule has 0 bridgehead atoms. The highest BCUT2D eigenvalue weighted by molar-refractivity contribution is 6.31. The van der Waals surface area contributed by atoms with E-state index in [2.05, 4.69) is 0 Å². The van der Waals surface area contributed by atoms with E-state index in [1.807, 2.05) is 13.0 Å². The number of imide groups is 1. The number of aromatic hydroxyl groups is 1. The number of rotatable bonds is 3. The van der Waals surface area contributed by atoms with Crippen LogP contribution in [0.3, 0.4) is 0 Å². The number of hydrogen-bond donors (Lipinski definition) is 1. The van der Waals surface area contributed by atoms with E-state index in [4.69, 9.17) is 16.3 Å². The first-order chi connectivity index (χ1) is 19.0. The predicted molar refractivity (Wildman–Crippen MR) is 149 cm³/mol. The molecule has 206 valence electrons. The summed E-state index contributed by atoms with van der Waals surface area (Å²) in [5.74, 6) is -3.34. The van der Waals surface area contributed by atoms with Crippen LogP contribution in [-0.4, -0.2) is 35.6 Å². The maximum atomic E-state index is 14.1. The molecule has 1 heterocycles. The van der Waals surface area contributed by atoms with Crippen LogP contribution in [0.15, 0.2) is 65.3 Å². The van der Waals surface area contributed by atoms with Crippen molar-refractivity contribution in [3.8, 4) is 11.5 Å². The van der Waals surface area contributed by atoms with Crippen molar-refractivity contribution < 1.29 is 29.0 Å². The number of nitrogens with zero attached hydrogens (tertiary/aromatic N) is 1. The highest BCUT2D eigenvalue weighted by atomic mass is 35.5. The second kappa shape index (κ2) is 9.16. The number of ether oxygens (including phenoxy) is 1. The second-order valence-corrected chi connectivity index (χ2v) is 12.0. The summed E-state index contributed by atoms with van der Waals surface area (Å²) in [5.41, 5.74) is 1.88. The molecule has 4 aliphatic rings. The number of ketones is 2. The molecule has 0 unspecified atom stereocenters. The third-order valence-corrected chi connectivity index (χ3v) is 10.0. The van der Waals surface area contributed by atoms with Gasteiger partial charge in [-0.15, -0.1) is 0 Å². The molecular formula is C32H30ClNO6. The lowest BCUT2D eigenvalue weighted by molar-refractivity contribution is -0.142. The Balaban J connectivity index is 1.52.